The van der Waals surface area contributed by atoms with E-state index in [1.807, 2.05) is 12.1 Å². The molecular weight excluding hydrogens is 400 g/mol. The zero-order valence-electron chi connectivity index (χ0n) is 17.2. The fourth-order valence-corrected chi connectivity index (χ4v) is 5.95. The second-order valence-electron chi connectivity index (χ2n) is 8.01. The van der Waals surface area contributed by atoms with Crippen LogP contribution in [0.3, 0.4) is 0 Å². The van der Waals surface area contributed by atoms with Crippen molar-refractivity contribution in [3.63, 3.8) is 0 Å². The molecule has 0 aromatic heterocycles. The van der Waals surface area contributed by atoms with E-state index >= 15 is 0 Å². The fourth-order valence-electron chi connectivity index (χ4n) is 4.46. The van der Waals surface area contributed by atoms with Gasteiger partial charge in [-0.15, -0.1) is 0 Å². The zero-order valence-corrected chi connectivity index (χ0v) is 18.0. The predicted octanol–water partition coefficient (Wildman–Crippen LogP) is 3.29. The molecule has 1 N–H and O–H groups in total. The van der Waals surface area contributed by atoms with Crippen molar-refractivity contribution in [2.24, 2.45) is 5.92 Å². The molecule has 30 heavy (non-hydrogen) atoms. The van der Waals surface area contributed by atoms with Crippen molar-refractivity contribution in [3.05, 3.63) is 59.7 Å². The maximum absolute atomic E-state index is 12.9. The third kappa shape index (κ3) is 4.23. The lowest BCUT2D eigenvalue weighted by Gasteiger charge is -2.32. The SMILES string of the molecule is COc1ccc2c(c1)CCC[C@@H]2NC(=O)C1CCN(S(=O)(=O)c2ccccc2)CC1. The van der Waals surface area contributed by atoms with Crippen LogP contribution in [-0.4, -0.2) is 38.8 Å². The quantitative estimate of drug-likeness (QED) is 0.793. The first kappa shape index (κ1) is 20.9. The van der Waals surface area contributed by atoms with Crippen LogP contribution in [-0.2, 0) is 21.2 Å². The molecule has 4 rings (SSSR count). The molecule has 0 unspecified atom stereocenters. The number of nitrogens with zero attached hydrogens (tertiary/aromatic N) is 1. The summed E-state index contributed by atoms with van der Waals surface area (Å²) in [5.41, 5.74) is 2.40. The van der Waals surface area contributed by atoms with E-state index in [0.717, 1.165) is 25.0 Å². The van der Waals surface area contributed by atoms with Gasteiger partial charge in [-0.2, -0.15) is 4.31 Å². The van der Waals surface area contributed by atoms with Crippen molar-refractivity contribution < 1.29 is 17.9 Å². The molecule has 1 amide bonds. The Balaban J connectivity index is 1.38. The number of rotatable bonds is 5. The van der Waals surface area contributed by atoms with Crippen molar-refractivity contribution in [1.82, 2.24) is 9.62 Å². The van der Waals surface area contributed by atoms with Crippen LogP contribution in [0.25, 0.3) is 0 Å². The molecule has 7 heteroatoms. The topological polar surface area (TPSA) is 75.7 Å². The van der Waals surface area contributed by atoms with Gasteiger partial charge in [0.2, 0.25) is 15.9 Å². The highest BCUT2D eigenvalue weighted by Crippen LogP contribution is 2.33. The normalized spacial score (nSPS) is 20.4. The number of amides is 1. The van der Waals surface area contributed by atoms with Crippen LogP contribution < -0.4 is 10.1 Å². The molecule has 1 aliphatic carbocycles. The molecule has 1 heterocycles. The Morgan fingerprint density at radius 2 is 1.80 bits per heavy atom. The Morgan fingerprint density at radius 3 is 2.50 bits per heavy atom. The number of nitrogens with one attached hydrogen (secondary N) is 1. The van der Waals surface area contributed by atoms with Gasteiger partial charge in [0.05, 0.1) is 18.0 Å². The van der Waals surface area contributed by atoms with Crippen LogP contribution in [0.2, 0.25) is 0 Å². The van der Waals surface area contributed by atoms with E-state index in [0.29, 0.717) is 30.8 Å². The molecule has 2 aromatic rings. The Morgan fingerprint density at radius 1 is 1.07 bits per heavy atom. The first-order valence-electron chi connectivity index (χ1n) is 10.5. The van der Waals surface area contributed by atoms with E-state index in [1.54, 1.807) is 37.4 Å². The van der Waals surface area contributed by atoms with E-state index in [1.165, 1.54) is 15.4 Å². The summed E-state index contributed by atoms with van der Waals surface area (Å²) >= 11 is 0. The number of carbonyl (C=O) groups is 1. The van der Waals surface area contributed by atoms with Crippen molar-refractivity contribution in [3.8, 4) is 5.75 Å². The first-order valence-corrected chi connectivity index (χ1v) is 12.0. The molecule has 1 aliphatic heterocycles. The summed E-state index contributed by atoms with van der Waals surface area (Å²) in [5, 5.41) is 3.22. The van der Waals surface area contributed by atoms with Crippen LogP contribution in [0.15, 0.2) is 53.4 Å². The van der Waals surface area contributed by atoms with Gasteiger partial charge in [-0.25, -0.2) is 8.42 Å². The van der Waals surface area contributed by atoms with Crippen LogP contribution in [0.1, 0.15) is 42.9 Å². The minimum atomic E-state index is -3.50. The van der Waals surface area contributed by atoms with Gasteiger partial charge < -0.3 is 10.1 Å². The van der Waals surface area contributed by atoms with Gasteiger partial charge in [0.25, 0.3) is 0 Å². The molecule has 0 radical (unpaired) electrons. The number of hydrogen-bond donors (Lipinski definition) is 1. The van der Waals surface area contributed by atoms with Crippen molar-refractivity contribution in [2.45, 2.75) is 43.0 Å². The summed E-state index contributed by atoms with van der Waals surface area (Å²) in [7, 11) is -1.83. The molecule has 0 saturated carbocycles. The number of sulfonamides is 1. The average molecular weight is 429 g/mol. The summed E-state index contributed by atoms with van der Waals surface area (Å²) in [6.45, 7) is 0.738. The molecule has 1 fully saturated rings. The minimum absolute atomic E-state index is 0.0123. The van der Waals surface area contributed by atoms with Gasteiger partial charge in [-0.05, 0) is 67.5 Å². The number of ether oxygens (including phenoxy) is 1. The van der Waals surface area contributed by atoms with Gasteiger partial charge in [-0.3, -0.25) is 4.79 Å². The standard InChI is InChI=1S/C23H28N2O4S/c1-29-19-10-11-21-18(16-19)6-5-9-22(21)24-23(26)17-12-14-25(15-13-17)30(27,28)20-7-3-2-4-8-20/h2-4,7-8,10-11,16-17,22H,5-6,9,12-15H2,1H3,(H,24,26)/t22-/m0/s1. The Hall–Kier alpha value is -2.38. The van der Waals surface area contributed by atoms with Gasteiger partial charge in [0, 0.05) is 19.0 Å². The van der Waals surface area contributed by atoms with Gasteiger partial charge in [0.1, 0.15) is 5.75 Å². The molecule has 160 valence electrons. The number of methoxy groups -OCH3 is 1. The van der Waals surface area contributed by atoms with Crippen LogP contribution in [0.5, 0.6) is 5.75 Å². The summed E-state index contributed by atoms with van der Waals surface area (Å²) in [6.07, 6.45) is 4.03. The Kier molecular flexibility index (Phi) is 6.11. The average Bonchev–Trinajstić information content (AvgIpc) is 2.79. The maximum Gasteiger partial charge on any atom is 0.243 e. The van der Waals surface area contributed by atoms with Crippen molar-refractivity contribution >= 4 is 15.9 Å². The van der Waals surface area contributed by atoms with Crippen LogP contribution in [0, 0.1) is 5.92 Å². The molecule has 1 saturated heterocycles. The number of piperidine rings is 1. The van der Waals surface area contributed by atoms with E-state index in [4.69, 9.17) is 4.74 Å². The molecule has 0 bridgehead atoms. The second-order valence-corrected chi connectivity index (χ2v) is 9.95. The molecule has 1 atom stereocenters. The highest BCUT2D eigenvalue weighted by atomic mass is 32.2. The lowest BCUT2D eigenvalue weighted by atomic mass is 9.86. The third-order valence-electron chi connectivity index (χ3n) is 6.19. The fraction of sp³-hybridized carbons (Fsp3) is 0.435. The number of carbonyl (C=O) groups excluding carboxylic acids is 1. The molecule has 2 aliphatic rings. The number of hydrogen-bond acceptors (Lipinski definition) is 4. The molecule has 0 spiro atoms. The second kappa shape index (κ2) is 8.78. The molecule has 2 aromatic carbocycles. The summed E-state index contributed by atoms with van der Waals surface area (Å²) in [5.74, 6) is 0.712. The van der Waals surface area contributed by atoms with Crippen molar-refractivity contribution in [1.29, 1.82) is 0 Å². The number of aryl methyl sites for hydroxylation is 1. The highest BCUT2D eigenvalue weighted by molar-refractivity contribution is 7.89. The van der Waals surface area contributed by atoms with Gasteiger partial charge in [-0.1, -0.05) is 24.3 Å². The Labute approximate surface area is 178 Å². The van der Waals surface area contributed by atoms with Crippen LogP contribution in [0.4, 0.5) is 0 Å². The summed E-state index contributed by atoms with van der Waals surface area (Å²) < 4.78 is 32.4. The summed E-state index contributed by atoms with van der Waals surface area (Å²) in [4.78, 5) is 13.2. The maximum atomic E-state index is 12.9. The molecular formula is C23H28N2O4S. The minimum Gasteiger partial charge on any atom is -0.497 e. The van der Waals surface area contributed by atoms with Gasteiger partial charge >= 0.3 is 0 Å². The molecule has 6 nitrogen and oxygen atoms in total. The van der Waals surface area contributed by atoms with Crippen molar-refractivity contribution in [2.75, 3.05) is 20.2 Å². The lowest BCUT2D eigenvalue weighted by Crippen LogP contribution is -2.44. The predicted molar refractivity (Wildman–Crippen MR) is 115 cm³/mol. The largest absolute Gasteiger partial charge is 0.497 e. The van der Waals surface area contributed by atoms with E-state index in [9.17, 15) is 13.2 Å². The van der Waals surface area contributed by atoms with E-state index < -0.39 is 10.0 Å². The number of benzene rings is 2. The lowest BCUT2D eigenvalue weighted by molar-refractivity contribution is -0.127. The summed E-state index contributed by atoms with van der Waals surface area (Å²) in [6, 6.07) is 14.5. The zero-order chi connectivity index (χ0) is 21.1. The van der Waals surface area contributed by atoms with Gasteiger partial charge in [0.15, 0.2) is 0 Å². The monoisotopic (exact) mass is 428 g/mol. The third-order valence-corrected chi connectivity index (χ3v) is 8.10. The highest BCUT2D eigenvalue weighted by Gasteiger charge is 2.33. The van der Waals surface area contributed by atoms with E-state index in [-0.39, 0.29) is 17.9 Å². The van der Waals surface area contributed by atoms with Crippen LogP contribution >= 0.6 is 0 Å². The Bertz CT molecular complexity index is 999. The first-order chi connectivity index (χ1) is 14.5. The smallest absolute Gasteiger partial charge is 0.243 e. The number of fused-ring (bicyclic) bond motifs is 1. The van der Waals surface area contributed by atoms with E-state index in [2.05, 4.69) is 11.4 Å².